The van der Waals surface area contributed by atoms with E-state index in [9.17, 15) is 14.0 Å². The highest BCUT2D eigenvalue weighted by Gasteiger charge is 2.13. The molecule has 1 N–H and O–H groups in total. The molecular formula is C22H20FN5O3. The van der Waals surface area contributed by atoms with Gasteiger partial charge >= 0.3 is 0 Å². The molecule has 0 aliphatic carbocycles. The van der Waals surface area contributed by atoms with Crippen molar-refractivity contribution in [3.63, 3.8) is 0 Å². The number of fused-ring (bicyclic) bond motifs is 1. The van der Waals surface area contributed by atoms with Crippen LogP contribution in [0.1, 0.15) is 15.9 Å². The van der Waals surface area contributed by atoms with Gasteiger partial charge in [0, 0.05) is 6.54 Å². The molecule has 0 aliphatic rings. The number of nitrogens with zero attached hydrogens (tertiary/aromatic N) is 4. The molecule has 0 unspecified atom stereocenters. The van der Waals surface area contributed by atoms with Crippen molar-refractivity contribution in [3.8, 4) is 5.75 Å². The third-order valence-electron chi connectivity index (χ3n) is 4.82. The highest BCUT2D eigenvalue weighted by Crippen LogP contribution is 2.16. The SMILES string of the molecule is COc1ccccc1C(=O)NCCn1ncc2c(=O)n(Cc3cccc(F)c3)cnc21. The van der Waals surface area contributed by atoms with Gasteiger partial charge < -0.3 is 10.1 Å². The van der Waals surface area contributed by atoms with Crippen LogP contribution in [0.25, 0.3) is 11.0 Å². The standard InChI is InChI=1S/C22H20FN5O3/c1-31-19-8-3-2-7-17(19)21(29)24-9-10-28-20-18(12-26-28)22(30)27(14-25-20)13-15-5-4-6-16(23)11-15/h2-8,11-12,14H,9-10,13H2,1H3,(H,24,29). The van der Waals surface area contributed by atoms with E-state index < -0.39 is 0 Å². The van der Waals surface area contributed by atoms with Crippen molar-refractivity contribution in [2.75, 3.05) is 13.7 Å². The van der Waals surface area contributed by atoms with Crippen LogP contribution in [0.4, 0.5) is 4.39 Å². The number of ether oxygens (including phenoxy) is 1. The fraction of sp³-hybridized carbons (Fsp3) is 0.182. The molecule has 0 radical (unpaired) electrons. The maximum absolute atomic E-state index is 13.4. The molecule has 2 heterocycles. The van der Waals surface area contributed by atoms with E-state index in [-0.39, 0.29) is 23.8 Å². The predicted octanol–water partition coefficient (Wildman–Crippen LogP) is 2.22. The Balaban J connectivity index is 1.46. The van der Waals surface area contributed by atoms with Gasteiger partial charge in [-0.05, 0) is 29.8 Å². The Bertz CT molecular complexity index is 1300. The monoisotopic (exact) mass is 421 g/mol. The van der Waals surface area contributed by atoms with Crippen molar-refractivity contribution in [1.82, 2.24) is 24.6 Å². The zero-order valence-corrected chi connectivity index (χ0v) is 16.8. The first-order chi connectivity index (χ1) is 15.1. The summed E-state index contributed by atoms with van der Waals surface area (Å²) in [7, 11) is 1.51. The van der Waals surface area contributed by atoms with E-state index in [0.29, 0.717) is 41.0 Å². The fourth-order valence-corrected chi connectivity index (χ4v) is 3.31. The van der Waals surface area contributed by atoms with Crippen molar-refractivity contribution >= 4 is 16.9 Å². The number of methoxy groups -OCH3 is 1. The number of benzene rings is 2. The van der Waals surface area contributed by atoms with Crippen LogP contribution >= 0.6 is 0 Å². The van der Waals surface area contributed by atoms with Crippen molar-refractivity contribution in [2.45, 2.75) is 13.1 Å². The maximum Gasteiger partial charge on any atom is 0.264 e. The molecule has 0 aliphatic heterocycles. The molecule has 0 atom stereocenters. The van der Waals surface area contributed by atoms with Crippen LogP contribution in [-0.4, -0.2) is 38.9 Å². The molecule has 9 heteroatoms. The smallest absolute Gasteiger partial charge is 0.264 e. The van der Waals surface area contributed by atoms with Gasteiger partial charge in [-0.3, -0.25) is 14.2 Å². The molecule has 0 bridgehead atoms. The van der Waals surface area contributed by atoms with Gasteiger partial charge in [0.1, 0.15) is 23.3 Å². The van der Waals surface area contributed by atoms with Crippen LogP contribution < -0.4 is 15.6 Å². The lowest BCUT2D eigenvalue weighted by Gasteiger charge is -2.09. The first-order valence-corrected chi connectivity index (χ1v) is 9.63. The van der Waals surface area contributed by atoms with Crippen LogP contribution in [0.3, 0.4) is 0 Å². The largest absolute Gasteiger partial charge is 0.496 e. The number of hydrogen-bond acceptors (Lipinski definition) is 5. The molecule has 2 aromatic carbocycles. The molecular weight excluding hydrogens is 401 g/mol. The molecule has 31 heavy (non-hydrogen) atoms. The van der Waals surface area contributed by atoms with E-state index in [4.69, 9.17) is 4.74 Å². The number of amides is 1. The van der Waals surface area contributed by atoms with Crippen molar-refractivity contribution in [3.05, 3.63) is 88.4 Å². The minimum atomic E-state index is -0.359. The van der Waals surface area contributed by atoms with Crippen LogP contribution in [0.15, 0.2) is 65.8 Å². The molecule has 8 nitrogen and oxygen atoms in total. The van der Waals surface area contributed by atoms with Gasteiger partial charge in [-0.2, -0.15) is 5.10 Å². The summed E-state index contributed by atoms with van der Waals surface area (Å²) in [6.07, 6.45) is 2.87. The van der Waals surface area contributed by atoms with Crippen LogP contribution in [0, 0.1) is 5.82 Å². The number of para-hydroxylation sites is 1. The number of nitrogens with one attached hydrogen (secondary N) is 1. The zero-order chi connectivity index (χ0) is 21.8. The van der Waals surface area contributed by atoms with Gasteiger partial charge in [0.15, 0.2) is 5.65 Å². The van der Waals surface area contributed by atoms with Crippen LogP contribution in [0.5, 0.6) is 5.75 Å². The Labute approximate surface area is 176 Å². The molecule has 158 valence electrons. The third-order valence-corrected chi connectivity index (χ3v) is 4.82. The third kappa shape index (κ3) is 4.30. The Morgan fingerprint density at radius 3 is 2.84 bits per heavy atom. The molecule has 0 spiro atoms. The summed E-state index contributed by atoms with van der Waals surface area (Å²) in [5.41, 5.74) is 1.26. The Kier molecular flexibility index (Phi) is 5.74. The highest BCUT2D eigenvalue weighted by atomic mass is 19.1. The molecule has 4 rings (SSSR count). The van der Waals surface area contributed by atoms with Gasteiger partial charge in [-0.15, -0.1) is 0 Å². The lowest BCUT2D eigenvalue weighted by Crippen LogP contribution is -2.28. The van der Waals surface area contributed by atoms with Gasteiger partial charge in [0.2, 0.25) is 0 Å². The second kappa shape index (κ2) is 8.78. The topological polar surface area (TPSA) is 91.0 Å². The first kappa shape index (κ1) is 20.3. The molecule has 0 saturated carbocycles. The number of aromatic nitrogens is 4. The average Bonchev–Trinajstić information content (AvgIpc) is 3.19. The molecule has 0 saturated heterocycles. The van der Waals surface area contributed by atoms with Crippen molar-refractivity contribution in [1.29, 1.82) is 0 Å². The first-order valence-electron chi connectivity index (χ1n) is 9.63. The van der Waals surface area contributed by atoms with Crippen molar-refractivity contribution < 1.29 is 13.9 Å². The van der Waals surface area contributed by atoms with Crippen LogP contribution in [0.2, 0.25) is 0 Å². The summed E-state index contributed by atoms with van der Waals surface area (Å²) in [6.45, 7) is 0.839. The van der Waals surface area contributed by atoms with E-state index >= 15 is 0 Å². The van der Waals surface area contributed by atoms with Gasteiger partial charge in [-0.1, -0.05) is 24.3 Å². The van der Waals surface area contributed by atoms with Gasteiger partial charge in [0.05, 0.1) is 32.0 Å². The quantitative estimate of drug-likeness (QED) is 0.494. The Hall–Kier alpha value is -4.01. The highest BCUT2D eigenvalue weighted by molar-refractivity contribution is 5.96. The molecule has 0 fully saturated rings. The number of halogens is 1. The Morgan fingerprint density at radius 1 is 1.19 bits per heavy atom. The molecule has 4 aromatic rings. The summed E-state index contributed by atoms with van der Waals surface area (Å²) >= 11 is 0. The number of hydrogen-bond donors (Lipinski definition) is 1. The van der Waals surface area contributed by atoms with Gasteiger partial charge in [0.25, 0.3) is 11.5 Å². The number of carbonyl (C=O) groups is 1. The van der Waals surface area contributed by atoms with Crippen LogP contribution in [-0.2, 0) is 13.1 Å². The zero-order valence-electron chi connectivity index (χ0n) is 16.8. The summed E-state index contributed by atoms with van der Waals surface area (Å²) in [6, 6.07) is 13.0. The predicted molar refractivity (Wildman–Crippen MR) is 113 cm³/mol. The van der Waals surface area contributed by atoms with E-state index in [1.54, 1.807) is 41.1 Å². The van der Waals surface area contributed by atoms with E-state index in [1.165, 1.54) is 36.3 Å². The summed E-state index contributed by atoms with van der Waals surface area (Å²) < 4.78 is 21.6. The summed E-state index contributed by atoms with van der Waals surface area (Å²) in [5.74, 6) is -0.132. The lowest BCUT2D eigenvalue weighted by molar-refractivity contribution is 0.0949. The Morgan fingerprint density at radius 2 is 2.03 bits per heavy atom. The summed E-state index contributed by atoms with van der Waals surface area (Å²) in [5, 5.41) is 7.40. The molecule has 1 amide bonds. The van der Waals surface area contributed by atoms with E-state index in [0.717, 1.165) is 0 Å². The fourth-order valence-electron chi connectivity index (χ4n) is 3.31. The molecule has 2 aromatic heterocycles. The maximum atomic E-state index is 13.4. The normalized spacial score (nSPS) is 10.9. The number of carbonyl (C=O) groups excluding carboxylic acids is 1. The second-order valence-corrected chi connectivity index (χ2v) is 6.87. The van der Waals surface area contributed by atoms with E-state index in [2.05, 4.69) is 15.4 Å². The average molecular weight is 421 g/mol. The van der Waals surface area contributed by atoms with E-state index in [1.807, 2.05) is 0 Å². The van der Waals surface area contributed by atoms with Crippen molar-refractivity contribution in [2.24, 2.45) is 0 Å². The lowest BCUT2D eigenvalue weighted by atomic mass is 10.2. The second-order valence-electron chi connectivity index (χ2n) is 6.87. The minimum absolute atomic E-state index is 0.208. The number of rotatable bonds is 7. The minimum Gasteiger partial charge on any atom is -0.496 e. The summed E-state index contributed by atoms with van der Waals surface area (Å²) in [4.78, 5) is 29.5. The van der Waals surface area contributed by atoms with Gasteiger partial charge in [-0.25, -0.2) is 14.1 Å².